The Morgan fingerprint density at radius 1 is 1.33 bits per heavy atom. The van der Waals surface area contributed by atoms with E-state index in [0.717, 1.165) is 33.9 Å². The monoisotopic (exact) mass is 347 g/mol. The smallest absolute Gasteiger partial charge is 0.123 e. The first-order valence-corrected chi connectivity index (χ1v) is 8.27. The molecule has 2 heterocycles. The lowest BCUT2D eigenvalue weighted by molar-refractivity contribution is 0.0549. The van der Waals surface area contributed by atoms with Crippen LogP contribution in [0.4, 0.5) is 0 Å². The summed E-state index contributed by atoms with van der Waals surface area (Å²) in [5.41, 5.74) is 1.71. The fourth-order valence-electron chi connectivity index (χ4n) is 3.06. The average molecular weight is 348 g/mol. The summed E-state index contributed by atoms with van der Waals surface area (Å²) in [6, 6.07) is 7.56. The van der Waals surface area contributed by atoms with E-state index in [1.165, 1.54) is 0 Å². The Morgan fingerprint density at radius 3 is 2.75 bits per heavy atom. The van der Waals surface area contributed by atoms with E-state index >= 15 is 0 Å². The lowest BCUT2D eigenvalue weighted by Crippen LogP contribution is -2.35. The first-order valence-electron chi connectivity index (χ1n) is 7.89. The third-order valence-corrected chi connectivity index (χ3v) is 4.54. The Bertz CT molecular complexity index is 880. The molecule has 0 bridgehead atoms. The highest BCUT2D eigenvalue weighted by molar-refractivity contribution is 6.31. The van der Waals surface area contributed by atoms with E-state index < -0.39 is 5.60 Å². The number of halogens is 1. The molecule has 5 nitrogen and oxygen atoms in total. The Kier molecular flexibility index (Phi) is 4.42. The number of hydrogen-bond donors (Lipinski definition) is 2. The fourth-order valence-corrected chi connectivity index (χ4v) is 3.23. The van der Waals surface area contributed by atoms with Crippen LogP contribution < -0.4 is 5.32 Å². The molecule has 0 aliphatic rings. The second-order valence-electron chi connectivity index (χ2n) is 6.42. The van der Waals surface area contributed by atoms with Crippen LogP contribution in [-0.4, -0.2) is 21.2 Å². The number of fused-ring (bicyclic) bond motifs is 1. The number of aryl methyl sites for hydroxylation is 3. The molecule has 0 saturated heterocycles. The minimum absolute atomic E-state index is 0.400. The van der Waals surface area contributed by atoms with Crippen molar-refractivity contribution in [3.8, 4) is 0 Å². The van der Waals surface area contributed by atoms with Gasteiger partial charge in [-0.3, -0.25) is 0 Å². The Morgan fingerprint density at radius 2 is 2.08 bits per heavy atom. The summed E-state index contributed by atoms with van der Waals surface area (Å²) in [4.78, 5) is 4.60. The van der Waals surface area contributed by atoms with Gasteiger partial charge in [0.05, 0.1) is 17.6 Å². The first kappa shape index (κ1) is 17.0. The molecule has 24 heavy (non-hydrogen) atoms. The molecule has 1 aromatic carbocycles. The van der Waals surface area contributed by atoms with E-state index in [4.69, 9.17) is 16.0 Å². The molecule has 0 saturated carbocycles. The maximum absolute atomic E-state index is 10.7. The van der Waals surface area contributed by atoms with Crippen LogP contribution in [-0.2, 0) is 19.2 Å². The van der Waals surface area contributed by atoms with E-state index in [1.807, 2.05) is 49.7 Å². The minimum atomic E-state index is -1.00. The molecule has 0 spiro atoms. The summed E-state index contributed by atoms with van der Waals surface area (Å²) >= 11 is 6.02. The lowest BCUT2D eigenvalue weighted by atomic mass is 9.96. The number of nitrogens with zero attached hydrogens (tertiary/aromatic N) is 2. The number of aromatic nitrogens is 2. The molecule has 0 aliphatic carbocycles. The van der Waals surface area contributed by atoms with E-state index in [0.29, 0.717) is 18.1 Å². The van der Waals surface area contributed by atoms with Crippen molar-refractivity contribution >= 4 is 22.6 Å². The number of aliphatic hydroxyl groups is 1. The van der Waals surface area contributed by atoms with Crippen LogP contribution in [0, 0.1) is 13.8 Å². The van der Waals surface area contributed by atoms with Gasteiger partial charge in [0.25, 0.3) is 0 Å². The average Bonchev–Trinajstić information content (AvgIpc) is 2.99. The van der Waals surface area contributed by atoms with Gasteiger partial charge in [-0.05, 0) is 45.0 Å². The summed E-state index contributed by atoms with van der Waals surface area (Å²) in [6.07, 6.45) is 0. The largest absolute Gasteiger partial charge is 0.466 e. The van der Waals surface area contributed by atoms with E-state index in [9.17, 15) is 5.11 Å². The third-order valence-electron chi connectivity index (χ3n) is 4.31. The van der Waals surface area contributed by atoms with Crippen LogP contribution in [0.5, 0.6) is 0 Å². The topological polar surface area (TPSA) is 63.2 Å². The molecule has 2 aromatic heterocycles. The number of imidazole rings is 1. The highest BCUT2D eigenvalue weighted by Crippen LogP contribution is 2.26. The zero-order valence-electron chi connectivity index (χ0n) is 14.4. The SMILES string of the molecule is Cc1cc(C(C)(O)CNCc2nc3cc(Cl)ccc3n2C)c(C)o1. The van der Waals surface area contributed by atoms with Crippen LogP contribution in [0.1, 0.15) is 29.8 Å². The van der Waals surface area contributed by atoms with Gasteiger partial charge in [-0.25, -0.2) is 4.98 Å². The number of benzene rings is 1. The van der Waals surface area contributed by atoms with Gasteiger partial charge in [0.2, 0.25) is 0 Å². The highest BCUT2D eigenvalue weighted by atomic mass is 35.5. The van der Waals surface area contributed by atoms with Crippen molar-refractivity contribution in [3.63, 3.8) is 0 Å². The molecular weight excluding hydrogens is 326 g/mol. The van der Waals surface area contributed by atoms with Gasteiger partial charge in [0.1, 0.15) is 22.9 Å². The zero-order chi connectivity index (χ0) is 17.5. The molecule has 1 unspecified atom stereocenters. The van der Waals surface area contributed by atoms with Crippen molar-refractivity contribution in [1.82, 2.24) is 14.9 Å². The van der Waals surface area contributed by atoms with Crippen LogP contribution in [0.15, 0.2) is 28.7 Å². The summed E-state index contributed by atoms with van der Waals surface area (Å²) in [7, 11) is 1.97. The Hall–Kier alpha value is -1.82. The molecule has 3 rings (SSSR count). The summed E-state index contributed by atoms with van der Waals surface area (Å²) in [5.74, 6) is 2.44. The number of hydrogen-bond acceptors (Lipinski definition) is 4. The molecule has 2 N–H and O–H groups in total. The molecule has 1 atom stereocenters. The van der Waals surface area contributed by atoms with Gasteiger partial charge >= 0.3 is 0 Å². The second-order valence-corrected chi connectivity index (χ2v) is 6.86. The van der Waals surface area contributed by atoms with Crippen molar-refractivity contribution in [2.45, 2.75) is 32.9 Å². The standard InChI is InChI=1S/C18H22ClN3O2/c1-11-7-14(12(2)24-11)18(3,23)10-20-9-17-21-15-8-13(19)5-6-16(15)22(17)4/h5-8,20,23H,9-10H2,1-4H3. The normalized spacial score (nSPS) is 14.2. The van der Waals surface area contributed by atoms with Gasteiger partial charge in [0, 0.05) is 24.2 Å². The first-order chi connectivity index (χ1) is 11.3. The minimum Gasteiger partial charge on any atom is -0.466 e. The fraction of sp³-hybridized carbons (Fsp3) is 0.389. The Balaban J connectivity index is 1.72. The zero-order valence-corrected chi connectivity index (χ0v) is 15.1. The molecular formula is C18H22ClN3O2. The van der Waals surface area contributed by atoms with Crippen molar-refractivity contribution < 1.29 is 9.52 Å². The van der Waals surface area contributed by atoms with Gasteiger partial charge in [-0.15, -0.1) is 0 Å². The van der Waals surface area contributed by atoms with Gasteiger partial charge in [-0.1, -0.05) is 11.6 Å². The molecule has 6 heteroatoms. The third kappa shape index (κ3) is 3.20. The Labute approximate surface area is 146 Å². The van der Waals surface area contributed by atoms with Crippen molar-refractivity contribution in [2.75, 3.05) is 6.54 Å². The molecule has 0 fully saturated rings. The van der Waals surface area contributed by atoms with Crippen molar-refractivity contribution in [1.29, 1.82) is 0 Å². The van der Waals surface area contributed by atoms with Crippen LogP contribution in [0.25, 0.3) is 11.0 Å². The van der Waals surface area contributed by atoms with Crippen LogP contribution in [0.2, 0.25) is 5.02 Å². The van der Waals surface area contributed by atoms with Crippen molar-refractivity contribution in [3.05, 3.63) is 52.2 Å². The highest BCUT2D eigenvalue weighted by Gasteiger charge is 2.27. The van der Waals surface area contributed by atoms with E-state index in [-0.39, 0.29) is 0 Å². The number of nitrogens with one attached hydrogen (secondary N) is 1. The van der Waals surface area contributed by atoms with Crippen LogP contribution >= 0.6 is 11.6 Å². The number of rotatable bonds is 5. The predicted octanol–water partition coefficient (Wildman–Crippen LogP) is 3.43. The lowest BCUT2D eigenvalue weighted by Gasteiger charge is -2.23. The van der Waals surface area contributed by atoms with Crippen molar-refractivity contribution in [2.24, 2.45) is 7.05 Å². The summed E-state index contributed by atoms with van der Waals surface area (Å²) in [5, 5.41) is 14.7. The predicted molar refractivity (Wildman–Crippen MR) is 95.2 cm³/mol. The molecule has 128 valence electrons. The van der Waals surface area contributed by atoms with Gasteiger partial charge in [0.15, 0.2) is 0 Å². The maximum Gasteiger partial charge on any atom is 0.123 e. The van der Waals surface area contributed by atoms with E-state index in [2.05, 4.69) is 10.3 Å². The molecule has 3 aromatic rings. The second kappa shape index (κ2) is 6.24. The molecule has 0 radical (unpaired) electrons. The van der Waals surface area contributed by atoms with Gasteiger partial charge < -0.3 is 19.4 Å². The summed E-state index contributed by atoms with van der Waals surface area (Å²) < 4.78 is 7.55. The quantitative estimate of drug-likeness (QED) is 0.742. The summed E-state index contributed by atoms with van der Waals surface area (Å²) in [6.45, 7) is 6.48. The van der Waals surface area contributed by atoms with E-state index in [1.54, 1.807) is 6.92 Å². The maximum atomic E-state index is 10.7. The van der Waals surface area contributed by atoms with Crippen LogP contribution in [0.3, 0.4) is 0 Å². The van der Waals surface area contributed by atoms with Gasteiger partial charge in [-0.2, -0.15) is 0 Å². The molecule has 0 aliphatic heterocycles. The molecule has 0 amide bonds. The number of furan rings is 1.